The molecule has 1 heterocycles. The molecule has 1 aromatic carbocycles. The van der Waals surface area contributed by atoms with Crippen molar-refractivity contribution in [3.63, 3.8) is 0 Å². The first-order chi connectivity index (χ1) is 8.60. The van der Waals surface area contributed by atoms with Gasteiger partial charge in [0.25, 0.3) is 5.91 Å². The first-order valence-electron chi connectivity index (χ1n) is 5.00. The van der Waals surface area contributed by atoms with Gasteiger partial charge in [0, 0.05) is 10.5 Å². The molecule has 0 atom stereocenters. The van der Waals surface area contributed by atoms with Crippen LogP contribution in [0.5, 0.6) is 5.75 Å². The Morgan fingerprint density at radius 3 is 2.67 bits per heavy atom. The minimum atomic E-state index is -0.139. The molecule has 0 bridgehead atoms. The Morgan fingerprint density at radius 2 is 2.06 bits per heavy atom. The van der Waals surface area contributed by atoms with Crippen molar-refractivity contribution >= 4 is 54.8 Å². The van der Waals surface area contributed by atoms with Crippen LogP contribution in [0.1, 0.15) is 9.67 Å². The normalized spacial score (nSPS) is 10.2. The van der Waals surface area contributed by atoms with Gasteiger partial charge >= 0.3 is 0 Å². The summed E-state index contributed by atoms with van der Waals surface area (Å²) >= 11 is 8.11. The van der Waals surface area contributed by atoms with E-state index in [1.54, 1.807) is 19.2 Å². The fraction of sp³-hybridized carbons (Fsp3) is 0.0833. The average molecular weight is 391 g/mol. The van der Waals surface area contributed by atoms with E-state index in [-0.39, 0.29) is 5.91 Å². The molecule has 0 spiro atoms. The lowest BCUT2D eigenvalue weighted by Gasteiger charge is -2.08. The molecule has 0 unspecified atom stereocenters. The number of anilines is 1. The number of rotatable bonds is 3. The third-order valence-electron chi connectivity index (χ3n) is 2.22. The monoisotopic (exact) mass is 389 g/mol. The maximum Gasteiger partial charge on any atom is 0.265 e. The van der Waals surface area contributed by atoms with Crippen molar-refractivity contribution in [1.29, 1.82) is 0 Å². The van der Waals surface area contributed by atoms with E-state index in [9.17, 15) is 4.79 Å². The average Bonchev–Trinajstić information content (AvgIpc) is 2.79. The van der Waals surface area contributed by atoms with Crippen molar-refractivity contribution in [2.24, 2.45) is 0 Å². The number of hydrogen-bond acceptors (Lipinski definition) is 3. The molecule has 0 aliphatic rings. The summed E-state index contributed by atoms with van der Waals surface area (Å²) in [5, 5.41) is 2.84. The highest BCUT2D eigenvalue weighted by Gasteiger charge is 2.11. The van der Waals surface area contributed by atoms with Gasteiger partial charge in [0.1, 0.15) is 5.75 Å². The molecule has 6 heteroatoms. The molecule has 0 fully saturated rings. The summed E-state index contributed by atoms with van der Waals surface area (Å²) in [5.41, 5.74) is 0.684. The molecule has 18 heavy (non-hydrogen) atoms. The van der Waals surface area contributed by atoms with Crippen molar-refractivity contribution < 1.29 is 9.53 Å². The van der Waals surface area contributed by atoms with Crippen LogP contribution in [-0.4, -0.2) is 13.0 Å². The Kier molecular flexibility index (Phi) is 4.42. The van der Waals surface area contributed by atoms with Crippen molar-refractivity contribution in [3.8, 4) is 5.75 Å². The lowest BCUT2D eigenvalue weighted by atomic mass is 10.3. The topological polar surface area (TPSA) is 38.3 Å². The summed E-state index contributed by atoms with van der Waals surface area (Å²) in [6.45, 7) is 0. The van der Waals surface area contributed by atoms with Crippen molar-refractivity contribution in [2.45, 2.75) is 0 Å². The van der Waals surface area contributed by atoms with E-state index < -0.39 is 0 Å². The number of methoxy groups -OCH3 is 1. The van der Waals surface area contributed by atoms with Gasteiger partial charge in [0.2, 0.25) is 0 Å². The quantitative estimate of drug-likeness (QED) is 0.835. The number of halogens is 2. The van der Waals surface area contributed by atoms with Gasteiger partial charge in [-0.15, -0.1) is 11.3 Å². The van der Waals surface area contributed by atoms with E-state index >= 15 is 0 Å². The molecule has 2 rings (SSSR count). The van der Waals surface area contributed by atoms with Gasteiger partial charge in [-0.1, -0.05) is 0 Å². The Labute approximate surface area is 125 Å². The van der Waals surface area contributed by atoms with Crippen molar-refractivity contribution in [3.05, 3.63) is 43.5 Å². The standard InChI is InChI=1S/C12H9Br2NO2S/c1-17-7-2-3-8(13)9(6-7)15-12(16)10-4-5-11(14)18-10/h2-6H,1H3,(H,15,16). The molecule has 0 saturated carbocycles. The molecule has 1 amide bonds. The number of thiophene rings is 1. The molecule has 94 valence electrons. The molecular weight excluding hydrogens is 382 g/mol. The first kappa shape index (κ1) is 13.6. The Bertz CT molecular complexity index is 583. The number of ether oxygens (including phenoxy) is 1. The maximum atomic E-state index is 12.0. The minimum Gasteiger partial charge on any atom is -0.497 e. The number of nitrogens with one attached hydrogen (secondary N) is 1. The van der Waals surface area contributed by atoms with Crippen molar-refractivity contribution in [1.82, 2.24) is 0 Å². The molecule has 0 aliphatic carbocycles. The van der Waals surface area contributed by atoms with E-state index in [0.29, 0.717) is 16.3 Å². The largest absolute Gasteiger partial charge is 0.497 e. The highest BCUT2D eigenvalue weighted by Crippen LogP contribution is 2.29. The maximum absolute atomic E-state index is 12.0. The molecule has 0 aliphatic heterocycles. The Hall–Kier alpha value is -0.850. The summed E-state index contributed by atoms with van der Waals surface area (Å²) in [7, 11) is 1.59. The van der Waals surface area contributed by atoms with Crippen LogP contribution in [0.4, 0.5) is 5.69 Å². The van der Waals surface area contributed by atoms with Gasteiger partial charge in [-0.2, -0.15) is 0 Å². The van der Waals surface area contributed by atoms with Crippen LogP contribution < -0.4 is 10.1 Å². The smallest absolute Gasteiger partial charge is 0.265 e. The van der Waals surface area contributed by atoms with Gasteiger partial charge < -0.3 is 10.1 Å². The van der Waals surface area contributed by atoms with Crippen molar-refractivity contribution in [2.75, 3.05) is 12.4 Å². The summed E-state index contributed by atoms with van der Waals surface area (Å²) in [6, 6.07) is 9.04. The van der Waals surface area contributed by atoms with Crippen LogP contribution in [0.2, 0.25) is 0 Å². The molecular formula is C12H9Br2NO2S. The zero-order valence-electron chi connectivity index (χ0n) is 9.37. The molecule has 1 aromatic heterocycles. The van der Waals surface area contributed by atoms with E-state index in [2.05, 4.69) is 37.2 Å². The second-order valence-corrected chi connectivity index (χ2v) is 6.72. The SMILES string of the molecule is COc1ccc(Br)c(NC(=O)c2ccc(Br)s2)c1. The first-order valence-corrected chi connectivity index (χ1v) is 7.40. The Morgan fingerprint density at radius 1 is 1.28 bits per heavy atom. The third kappa shape index (κ3) is 3.13. The summed E-state index contributed by atoms with van der Waals surface area (Å²) < 4.78 is 6.86. The zero-order chi connectivity index (χ0) is 13.1. The van der Waals surface area contributed by atoms with Gasteiger partial charge in [0.05, 0.1) is 21.5 Å². The highest BCUT2D eigenvalue weighted by atomic mass is 79.9. The Balaban J connectivity index is 2.21. The van der Waals surface area contributed by atoms with Gasteiger partial charge in [-0.3, -0.25) is 4.79 Å². The lowest BCUT2D eigenvalue weighted by molar-refractivity contribution is 0.103. The van der Waals surface area contributed by atoms with Crippen LogP contribution >= 0.6 is 43.2 Å². The van der Waals surface area contributed by atoms with E-state index in [4.69, 9.17) is 4.74 Å². The van der Waals surface area contributed by atoms with Crippen LogP contribution in [0.25, 0.3) is 0 Å². The van der Waals surface area contributed by atoms with Gasteiger partial charge in [0.15, 0.2) is 0 Å². The predicted molar refractivity (Wildman–Crippen MR) is 80.7 cm³/mol. The highest BCUT2D eigenvalue weighted by molar-refractivity contribution is 9.11. The molecule has 0 radical (unpaired) electrons. The second-order valence-electron chi connectivity index (χ2n) is 3.40. The molecule has 3 nitrogen and oxygen atoms in total. The molecule has 1 N–H and O–H groups in total. The summed E-state index contributed by atoms with van der Waals surface area (Å²) in [5.74, 6) is 0.556. The van der Waals surface area contributed by atoms with Gasteiger partial charge in [-0.05, 0) is 56.1 Å². The predicted octanol–water partition coefficient (Wildman–Crippen LogP) is 4.53. The number of hydrogen-bond donors (Lipinski definition) is 1. The van der Waals surface area contributed by atoms with E-state index in [0.717, 1.165) is 8.26 Å². The fourth-order valence-electron chi connectivity index (χ4n) is 1.35. The van der Waals surface area contributed by atoms with E-state index in [1.807, 2.05) is 18.2 Å². The molecule has 2 aromatic rings. The summed E-state index contributed by atoms with van der Waals surface area (Å²) in [4.78, 5) is 12.6. The third-order valence-corrected chi connectivity index (χ3v) is 4.53. The van der Waals surface area contributed by atoms with Crippen LogP contribution in [0.3, 0.4) is 0 Å². The number of benzene rings is 1. The number of carbonyl (C=O) groups is 1. The zero-order valence-corrected chi connectivity index (χ0v) is 13.4. The van der Waals surface area contributed by atoms with E-state index in [1.165, 1.54) is 11.3 Å². The van der Waals surface area contributed by atoms with Gasteiger partial charge in [-0.25, -0.2) is 0 Å². The fourth-order valence-corrected chi connectivity index (χ4v) is 2.97. The van der Waals surface area contributed by atoms with Crippen LogP contribution in [0.15, 0.2) is 38.6 Å². The minimum absolute atomic E-state index is 0.139. The lowest BCUT2D eigenvalue weighted by Crippen LogP contribution is -2.10. The number of carbonyl (C=O) groups excluding carboxylic acids is 1. The summed E-state index contributed by atoms with van der Waals surface area (Å²) in [6.07, 6.45) is 0. The molecule has 0 saturated heterocycles. The van der Waals surface area contributed by atoms with Crippen LogP contribution in [-0.2, 0) is 0 Å². The van der Waals surface area contributed by atoms with Crippen LogP contribution in [0, 0.1) is 0 Å². The second kappa shape index (κ2) is 5.86. The number of amides is 1.